The topological polar surface area (TPSA) is 71.1 Å². The minimum Gasteiger partial charge on any atom is -0.355 e. The third-order valence-electron chi connectivity index (χ3n) is 5.61. The molecule has 1 heterocycles. The highest BCUT2D eigenvalue weighted by molar-refractivity contribution is 7.14. The van der Waals surface area contributed by atoms with E-state index >= 15 is 0 Å². The molecule has 0 radical (unpaired) electrons. The highest BCUT2D eigenvalue weighted by Crippen LogP contribution is 2.31. The molecule has 0 spiro atoms. The molecule has 2 amide bonds. The van der Waals surface area contributed by atoms with Crippen molar-refractivity contribution in [2.24, 2.45) is 0 Å². The molecule has 0 fully saturated rings. The maximum atomic E-state index is 12.7. The van der Waals surface area contributed by atoms with Crippen molar-refractivity contribution in [2.75, 3.05) is 11.9 Å². The van der Waals surface area contributed by atoms with Gasteiger partial charge in [-0.3, -0.25) is 14.9 Å². The largest absolute Gasteiger partial charge is 0.355 e. The van der Waals surface area contributed by atoms with Crippen LogP contribution in [0.1, 0.15) is 34.1 Å². The van der Waals surface area contributed by atoms with Crippen LogP contribution in [-0.4, -0.2) is 23.3 Å². The van der Waals surface area contributed by atoms with Crippen LogP contribution < -0.4 is 10.6 Å². The molecule has 0 atom stereocenters. The lowest BCUT2D eigenvalue weighted by Crippen LogP contribution is -2.40. The van der Waals surface area contributed by atoms with Crippen molar-refractivity contribution >= 4 is 28.3 Å². The van der Waals surface area contributed by atoms with Crippen molar-refractivity contribution in [1.82, 2.24) is 10.3 Å². The van der Waals surface area contributed by atoms with Gasteiger partial charge in [0.2, 0.25) is 5.91 Å². The molecular weight excluding hydrogens is 430 g/mol. The number of carbonyl (C=O) groups is 2. The molecule has 4 aromatic rings. The van der Waals surface area contributed by atoms with Gasteiger partial charge in [0, 0.05) is 22.9 Å². The number of hydrogen-bond acceptors (Lipinski definition) is 4. The Morgan fingerprint density at radius 1 is 0.848 bits per heavy atom. The lowest BCUT2D eigenvalue weighted by Gasteiger charge is -2.31. The zero-order valence-electron chi connectivity index (χ0n) is 18.3. The first-order valence-corrected chi connectivity index (χ1v) is 11.6. The van der Waals surface area contributed by atoms with E-state index in [0.29, 0.717) is 22.9 Å². The fourth-order valence-electron chi connectivity index (χ4n) is 3.69. The Labute approximate surface area is 197 Å². The number of anilines is 1. The SMILES string of the molecule is CC(CNC(=O)Cc1csc(NC(=O)c2ccccc2)n1)(c1ccccc1)c1ccccc1. The first-order valence-electron chi connectivity index (χ1n) is 10.7. The highest BCUT2D eigenvalue weighted by Gasteiger charge is 2.29. The van der Waals surface area contributed by atoms with Crippen LogP contribution in [0.4, 0.5) is 5.13 Å². The van der Waals surface area contributed by atoms with Crippen molar-refractivity contribution in [3.63, 3.8) is 0 Å². The number of hydrogen-bond donors (Lipinski definition) is 2. The average molecular weight is 456 g/mol. The molecule has 0 aliphatic heterocycles. The summed E-state index contributed by atoms with van der Waals surface area (Å²) < 4.78 is 0. The number of carbonyl (C=O) groups excluding carboxylic acids is 2. The van der Waals surface area contributed by atoms with E-state index < -0.39 is 0 Å². The van der Waals surface area contributed by atoms with Crippen LogP contribution in [-0.2, 0) is 16.6 Å². The second kappa shape index (κ2) is 10.2. The van der Waals surface area contributed by atoms with Gasteiger partial charge >= 0.3 is 0 Å². The maximum Gasteiger partial charge on any atom is 0.257 e. The Balaban J connectivity index is 1.40. The van der Waals surface area contributed by atoms with Crippen LogP contribution in [0.25, 0.3) is 0 Å². The van der Waals surface area contributed by atoms with Gasteiger partial charge in [-0.1, -0.05) is 78.9 Å². The first-order chi connectivity index (χ1) is 16.0. The van der Waals surface area contributed by atoms with Gasteiger partial charge in [-0.15, -0.1) is 11.3 Å². The fraction of sp³-hybridized carbons (Fsp3) is 0.148. The van der Waals surface area contributed by atoms with E-state index in [1.54, 1.807) is 17.5 Å². The molecule has 0 unspecified atom stereocenters. The van der Waals surface area contributed by atoms with Crippen LogP contribution in [0.5, 0.6) is 0 Å². The molecule has 0 aliphatic rings. The molecule has 33 heavy (non-hydrogen) atoms. The number of nitrogens with zero attached hydrogens (tertiary/aromatic N) is 1. The molecule has 166 valence electrons. The molecule has 0 saturated heterocycles. The Morgan fingerprint density at radius 3 is 1.97 bits per heavy atom. The molecule has 6 heteroatoms. The van der Waals surface area contributed by atoms with E-state index in [1.165, 1.54) is 11.3 Å². The van der Waals surface area contributed by atoms with E-state index in [0.717, 1.165) is 11.1 Å². The Hall–Kier alpha value is -3.77. The Morgan fingerprint density at radius 2 is 1.39 bits per heavy atom. The van der Waals surface area contributed by atoms with Crippen molar-refractivity contribution in [1.29, 1.82) is 0 Å². The van der Waals surface area contributed by atoms with Crippen LogP contribution in [0.2, 0.25) is 0 Å². The summed E-state index contributed by atoms with van der Waals surface area (Å²) in [4.78, 5) is 29.4. The summed E-state index contributed by atoms with van der Waals surface area (Å²) in [7, 11) is 0. The third-order valence-corrected chi connectivity index (χ3v) is 6.42. The second-order valence-corrected chi connectivity index (χ2v) is 8.84. The Kier molecular flexibility index (Phi) is 6.95. The molecule has 1 aromatic heterocycles. The lowest BCUT2D eigenvalue weighted by atomic mass is 9.76. The van der Waals surface area contributed by atoms with Gasteiger partial charge in [-0.2, -0.15) is 0 Å². The smallest absolute Gasteiger partial charge is 0.257 e. The first kappa shape index (κ1) is 22.4. The van der Waals surface area contributed by atoms with E-state index in [4.69, 9.17) is 0 Å². The number of amides is 2. The number of aromatic nitrogens is 1. The summed E-state index contributed by atoms with van der Waals surface area (Å²) >= 11 is 1.31. The number of benzene rings is 3. The van der Waals surface area contributed by atoms with Gasteiger partial charge < -0.3 is 5.32 Å². The predicted octanol–water partition coefficient (Wildman–Crippen LogP) is 5.06. The molecular formula is C27H25N3O2S. The van der Waals surface area contributed by atoms with Crippen LogP contribution in [0.15, 0.2) is 96.4 Å². The van der Waals surface area contributed by atoms with Gasteiger partial charge in [0.25, 0.3) is 5.91 Å². The molecule has 2 N–H and O–H groups in total. The fourth-order valence-corrected chi connectivity index (χ4v) is 4.39. The van der Waals surface area contributed by atoms with Gasteiger partial charge in [0.05, 0.1) is 12.1 Å². The average Bonchev–Trinajstić information content (AvgIpc) is 3.30. The van der Waals surface area contributed by atoms with Crippen molar-refractivity contribution in [3.8, 4) is 0 Å². The highest BCUT2D eigenvalue weighted by atomic mass is 32.1. The molecule has 0 saturated carbocycles. The summed E-state index contributed by atoms with van der Waals surface area (Å²) in [5, 5.41) is 8.15. The minimum atomic E-state index is -0.366. The van der Waals surface area contributed by atoms with E-state index in [1.807, 2.05) is 54.6 Å². The summed E-state index contributed by atoms with van der Waals surface area (Å²) in [5.74, 6) is -0.332. The molecule has 3 aromatic carbocycles. The summed E-state index contributed by atoms with van der Waals surface area (Å²) in [5.41, 5.74) is 3.09. The van der Waals surface area contributed by atoms with E-state index in [2.05, 4.69) is 46.8 Å². The van der Waals surface area contributed by atoms with Crippen molar-refractivity contribution in [3.05, 3.63) is 119 Å². The van der Waals surface area contributed by atoms with Crippen molar-refractivity contribution in [2.45, 2.75) is 18.8 Å². The monoisotopic (exact) mass is 455 g/mol. The minimum absolute atomic E-state index is 0.112. The molecule has 0 bridgehead atoms. The third kappa shape index (κ3) is 5.54. The van der Waals surface area contributed by atoms with Gasteiger partial charge in [0.1, 0.15) is 0 Å². The quantitative estimate of drug-likeness (QED) is 0.390. The summed E-state index contributed by atoms with van der Waals surface area (Å²) in [6.45, 7) is 2.60. The van der Waals surface area contributed by atoms with E-state index in [-0.39, 0.29) is 23.7 Å². The van der Waals surface area contributed by atoms with E-state index in [9.17, 15) is 9.59 Å². The summed E-state index contributed by atoms with van der Waals surface area (Å²) in [6, 6.07) is 29.3. The second-order valence-electron chi connectivity index (χ2n) is 7.98. The van der Waals surface area contributed by atoms with Gasteiger partial charge in [0.15, 0.2) is 5.13 Å². The zero-order chi connectivity index (χ0) is 23.1. The summed E-state index contributed by atoms with van der Waals surface area (Å²) in [6.07, 6.45) is 0.150. The Bertz CT molecular complexity index is 1170. The number of rotatable bonds is 8. The molecule has 4 rings (SSSR count). The lowest BCUT2D eigenvalue weighted by molar-refractivity contribution is -0.120. The number of nitrogens with one attached hydrogen (secondary N) is 2. The maximum absolute atomic E-state index is 12.7. The van der Waals surface area contributed by atoms with Crippen LogP contribution in [0, 0.1) is 0 Å². The molecule has 0 aliphatic carbocycles. The van der Waals surface area contributed by atoms with Gasteiger partial charge in [-0.05, 0) is 30.2 Å². The van der Waals surface area contributed by atoms with Crippen molar-refractivity contribution < 1.29 is 9.59 Å². The van der Waals surface area contributed by atoms with Crippen LogP contribution >= 0.6 is 11.3 Å². The predicted molar refractivity (Wildman–Crippen MR) is 133 cm³/mol. The van der Waals surface area contributed by atoms with Crippen LogP contribution in [0.3, 0.4) is 0 Å². The normalized spacial score (nSPS) is 11.1. The number of thiazole rings is 1. The zero-order valence-corrected chi connectivity index (χ0v) is 19.1. The van der Waals surface area contributed by atoms with Gasteiger partial charge in [-0.25, -0.2) is 4.98 Å². The standard InChI is InChI=1S/C27H25N3O2S/c1-27(21-13-7-3-8-14-21,22-15-9-4-10-16-22)19-28-24(31)17-23-18-33-26(29-23)30-25(32)20-11-5-2-6-12-20/h2-16,18H,17,19H2,1H3,(H,28,31)(H,29,30,32). The molecule has 5 nitrogen and oxygen atoms in total.